The van der Waals surface area contributed by atoms with Crippen molar-refractivity contribution in [2.75, 3.05) is 13.2 Å². The fourth-order valence-corrected chi connectivity index (χ4v) is 4.90. The Morgan fingerprint density at radius 3 is 2.67 bits per heavy atom. The quantitative estimate of drug-likeness (QED) is 0.509. The van der Waals surface area contributed by atoms with Gasteiger partial charge in [0.15, 0.2) is 11.5 Å². The summed E-state index contributed by atoms with van der Waals surface area (Å²) in [6.07, 6.45) is -0.772. The van der Waals surface area contributed by atoms with Gasteiger partial charge in [0.25, 0.3) is 12.0 Å². The van der Waals surface area contributed by atoms with Crippen LogP contribution < -0.4 is 15.0 Å². The van der Waals surface area contributed by atoms with Gasteiger partial charge >= 0.3 is 0 Å². The summed E-state index contributed by atoms with van der Waals surface area (Å²) in [5.41, 5.74) is 1.45. The van der Waals surface area contributed by atoms with Crippen molar-refractivity contribution in [2.45, 2.75) is 25.2 Å². The Morgan fingerprint density at radius 2 is 1.90 bits per heavy atom. The van der Waals surface area contributed by atoms with Gasteiger partial charge in [-0.3, -0.25) is 4.79 Å². The van der Waals surface area contributed by atoms with Crippen LogP contribution in [0.1, 0.15) is 36.4 Å². The van der Waals surface area contributed by atoms with E-state index in [-0.39, 0.29) is 17.2 Å². The highest BCUT2D eigenvalue weighted by atomic mass is 32.1. The number of aromatic amines is 1. The Kier molecular flexibility index (Phi) is 3.83. The lowest BCUT2D eigenvalue weighted by Gasteiger charge is -2.18. The van der Waals surface area contributed by atoms with Gasteiger partial charge in [0.05, 0.1) is 5.52 Å². The number of benzene rings is 1. The van der Waals surface area contributed by atoms with E-state index in [9.17, 15) is 13.6 Å². The molecule has 0 bridgehead atoms. The zero-order valence-electron chi connectivity index (χ0n) is 15.6. The Hall–Kier alpha value is -3.07. The number of H-pyrrole nitrogens is 1. The number of aromatic nitrogens is 3. The van der Waals surface area contributed by atoms with Gasteiger partial charge in [0.1, 0.15) is 34.3 Å². The van der Waals surface area contributed by atoms with Gasteiger partial charge in [-0.15, -0.1) is 11.3 Å². The molecule has 1 N–H and O–H groups in total. The third kappa shape index (κ3) is 2.76. The van der Waals surface area contributed by atoms with Gasteiger partial charge < -0.3 is 14.5 Å². The second kappa shape index (κ2) is 6.46. The molecule has 0 atom stereocenters. The number of nitrogens with one attached hydrogen (secondary N) is 1. The molecule has 1 aromatic carbocycles. The predicted molar refractivity (Wildman–Crippen MR) is 109 cm³/mol. The summed E-state index contributed by atoms with van der Waals surface area (Å²) in [5, 5.41) is 0.715. The Balaban J connectivity index is 1.59. The van der Waals surface area contributed by atoms with Crippen molar-refractivity contribution in [2.24, 2.45) is 0 Å². The summed E-state index contributed by atoms with van der Waals surface area (Å²) in [6, 6.07) is 6.85. The molecule has 9 heteroatoms. The number of fused-ring (bicyclic) bond motifs is 4. The van der Waals surface area contributed by atoms with Crippen LogP contribution in [0.4, 0.5) is 8.78 Å². The fourth-order valence-electron chi connectivity index (χ4n) is 3.85. The predicted octanol–water partition coefficient (Wildman–Crippen LogP) is 4.79. The largest absolute Gasteiger partial charge is 0.486 e. The second-order valence-electron chi connectivity index (χ2n) is 7.44. The first-order valence-electron chi connectivity index (χ1n) is 9.64. The van der Waals surface area contributed by atoms with Crippen LogP contribution in [0.15, 0.2) is 29.1 Å². The van der Waals surface area contributed by atoms with Crippen LogP contribution in [-0.2, 0) is 0 Å². The van der Waals surface area contributed by atoms with E-state index in [1.807, 2.05) is 0 Å². The standard InChI is InChI=1S/C21H15F2N3O3S/c22-18(23)12-8-11(9-1-2-9)15-16-17(30-21(15)24-12)20(27)26-19(25-16)10-3-4-13-14(7-10)29-6-5-28-13/h3-4,7-9,18H,1-2,5-6H2,(H,25,26,27). The molecule has 6 nitrogen and oxygen atoms in total. The van der Waals surface area contributed by atoms with Crippen molar-refractivity contribution in [1.82, 2.24) is 15.0 Å². The maximum atomic E-state index is 13.4. The monoisotopic (exact) mass is 427 g/mol. The second-order valence-corrected chi connectivity index (χ2v) is 8.44. The van der Waals surface area contributed by atoms with Gasteiger partial charge in [0.2, 0.25) is 0 Å². The van der Waals surface area contributed by atoms with Crippen LogP contribution in [0.3, 0.4) is 0 Å². The number of thiophene rings is 1. The third-order valence-electron chi connectivity index (χ3n) is 5.41. The van der Waals surface area contributed by atoms with Gasteiger partial charge in [-0.1, -0.05) is 0 Å². The lowest BCUT2D eigenvalue weighted by molar-refractivity contribution is 0.146. The minimum Gasteiger partial charge on any atom is -0.486 e. The Bertz CT molecular complexity index is 1380. The minimum atomic E-state index is -2.66. The van der Waals surface area contributed by atoms with E-state index in [1.54, 1.807) is 18.2 Å². The van der Waals surface area contributed by atoms with Crippen LogP contribution >= 0.6 is 11.3 Å². The molecule has 0 amide bonds. The number of pyridine rings is 1. The van der Waals surface area contributed by atoms with Gasteiger partial charge in [-0.05, 0) is 48.6 Å². The molecule has 0 spiro atoms. The van der Waals surface area contributed by atoms with Crippen LogP contribution in [0, 0.1) is 0 Å². The van der Waals surface area contributed by atoms with Crippen molar-refractivity contribution >= 4 is 31.8 Å². The van der Waals surface area contributed by atoms with E-state index in [4.69, 9.17) is 14.5 Å². The average Bonchev–Trinajstić information content (AvgIpc) is 3.53. The summed E-state index contributed by atoms with van der Waals surface area (Å²) in [4.78, 5) is 24.9. The van der Waals surface area contributed by atoms with Gasteiger partial charge in [0, 0.05) is 10.9 Å². The van der Waals surface area contributed by atoms with E-state index < -0.39 is 6.43 Å². The van der Waals surface area contributed by atoms with Crippen LogP contribution in [0.5, 0.6) is 11.5 Å². The molecule has 6 rings (SSSR count). The summed E-state index contributed by atoms with van der Waals surface area (Å²) < 4.78 is 38.3. The highest BCUT2D eigenvalue weighted by Gasteiger charge is 2.30. The van der Waals surface area contributed by atoms with E-state index >= 15 is 0 Å². The molecule has 1 aliphatic carbocycles. The number of hydrogen-bond donors (Lipinski definition) is 1. The average molecular weight is 427 g/mol. The summed E-state index contributed by atoms with van der Waals surface area (Å²) >= 11 is 1.11. The molecule has 2 aliphatic rings. The maximum absolute atomic E-state index is 13.4. The zero-order chi connectivity index (χ0) is 20.4. The molecular weight excluding hydrogens is 412 g/mol. The summed E-state index contributed by atoms with van der Waals surface area (Å²) in [6.45, 7) is 0.948. The van der Waals surface area contributed by atoms with Crippen molar-refractivity contribution in [1.29, 1.82) is 0 Å². The van der Waals surface area contributed by atoms with Crippen molar-refractivity contribution in [3.05, 3.63) is 45.9 Å². The number of rotatable bonds is 3. The molecule has 152 valence electrons. The first-order valence-corrected chi connectivity index (χ1v) is 10.5. The van der Waals surface area contributed by atoms with Crippen molar-refractivity contribution < 1.29 is 18.3 Å². The Morgan fingerprint density at radius 1 is 1.10 bits per heavy atom. The molecule has 1 aliphatic heterocycles. The highest BCUT2D eigenvalue weighted by molar-refractivity contribution is 7.25. The smallest absolute Gasteiger partial charge is 0.280 e. The SMILES string of the molecule is O=c1[nH]c(-c2ccc3c(c2)OCCO3)nc2c1sc1nc(C(F)F)cc(C3CC3)c12. The zero-order valence-corrected chi connectivity index (χ0v) is 16.4. The first kappa shape index (κ1) is 17.8. The first-order chi connectivity index (χ1) is 14.6. The van der Waals surface area contributed by atoms with E-state index in [2.05, 4.69) is 9.97 Å². The van der Waals surface area contributed by atoms with Crippen LogP contribution in [0.2, 0.25) is 0 Å². The van der Waals surface area contributed by atoms with Gasteiger partial charge in [-0.25, -0.2) is 18.7 Å². The molecule has 4 heterocycles. The molecule has 0 radical (unpaired) electrons. The molecule has 30 heavy (non-hydrogen) atoms. The third-order valence-corrected chi connectivity index (χ3v) is 6.48. The molecular formula is C21H15F2N3O3S. The number of ether oxygens (including phenoxy) is 2. The lowest BCUT2D eigenvalue weighted by atomic mass is 10.1. The summed E-state index contributed by atoms with van der Waals surface area (Å²) in [7, 11) is 0. The number of halogens is 2. The number of hydrogen-bond acceptors (Lipinski definition) is 6. The van der Waals surface area contributed by atoms with Gasteiger partial charge in [-0.2, -0.15) is 0 Å². The molecule has 1 fully saturated rings. The van der Waals surface area contributed by atoms with E-state index in [1.165, 1.54) is 6.07 Å². The molecule has 1 saturated carbocycles. The molecule has 4 aromatic rings. The van der Waals surface area contributed by atoms with Crippen molar-refractivity contribution in [3.63, 3.8) is 0 Å². The number of nitrogens with zero attached hydrogens (tertiary/aromatic N) is 2. The molecule has 0 unspecified atom stereocenters. The number of alkyl halides is 2. The fraction of sp³-hybridized carbons (Fsp3) is 0.286. The van der Waals surface area contributed by atoms with Crippen LogP contribution in [0.25, 0.3) is 31.8 Å². The maximum Gasteiger partial charge on any atom is 0.280 e. The van der Waals surface area contributed by atoms with Crippen LogP contribution in [-0.4, -0.2) is 28.2 Å². The normalized spacial score (nSPS) is 16.0. The molecule has 0 saturated heterocycles. The molecule has 3 aromatic heterocycles. The topological polar surface area (TPSA) is 77.1 Å². The van der Waals surface area contributed by atoms with E-state index in [0.717, 1.165) is 29.7 Å². The summed E-state index contributed by atoms with van der Waals surface area (Å²) in [5.74, 6) is 1.85. The van der Waals surface area contributed by atoms with Crippen molar-refractivity contribution in [3.8, 4) is 22.9 Å². The highest BCUT2D eigenvalue weighted by Crippen LogP contribution is 2.47. The minimum absolute atomic E-state index is 0.213. The Labute approximate surface area is 172 Å². The lowest BCUT2D eigenvalue weighted by Crippen LogP contribution is -2.15. The van der Waals surface area contributed by atoms with E-state index in [0.29, 0.717) is 56.5 Å².